The Balaban J connectivity index is 1.53. The zero-order valence-electron chi connectivity index (χ0n) is 20.2. The van der Waals surface area contributed by atoms with E-state index in [1.165, 1.54) is 10.8 Å². The highest BCUT2D eigenvalue weighted by atomic mass is 16.2. The van der Waals surface area contributed by atoms with E-state index in [1.807, 2.05) is 43.3 Å². The SMILES string of the molecule is CCNC(=N)c1ccc2cc(C(=O)NC3CCC(N)CC3)n(Cc3ccc4ccccc4c3)c2c1. The minimum atomic E-state index is -0.0502. The molecule has 6 heteroatoms. The third-order valence-corrected chi connectivity index (χ3v) is 7.04. The molecule has 0 bridgehead atoms. The molecule has 4 aromatic rings. The van der Waals surface area contributed by atoms with Crippen LogP contribution < -0.4 is 16.4 Å². The van der Waals surface area contributed by atoms with E-state index in [0.29, 0.717) is 24.6 Å². The van der Waals surface area contributed by atoms with Crippen molar-refractivity contribution in [3.63, 3.8) is 0 Å². The largest absolute Gasteiger partial charge is 0.370 e. The molecule has 180 valence electrons. The van der Waals surface area contributed by atoms with Crippen LogP contribution in [0.2, 0.25) is 0 Å². The Kier molecular flexibility index (Phi) is 6.55. The van der Waals surface area contributed by atoms with Crippen LogP contribution in [0.25, 0.3) is 21.7 Å². The summed E-state index contributed by atoms with van der Waals surface area (Å²) in [5, 5.41) is 18.1. The van der Waals surface area contributed by atoms with Crippen molar-refractivity contribution < 1.29 is 4.79 Å². The zero-order valence-corrected chi connectivity index (χ0v) is 20.2. The van der Waals surface area contributed by atoms with Gasteiger partial charge in [-0.1, -0.05) is 48.5 Å². The second-order valence-corrected chi connectivity index (χ2v) is 9.56. The van der Waals surface area contributed by atoms with Gasteiger partial charge in [-0.25, -0.2) is 0 Å². The lowest BCUT2D eigenvalue weighted by atomic mass is 9.92. The van der Waals surface area contributed by atoms with Crippen LogP contribution in [-0.2, 0) is 6.54 Å². The van der Waals surface area contributed by atoms with Gasteiger partial charge in [0, 0.05) is 41.6 Å². The van der Waals surface area contributed by atoms with Gasteiger partial charge in [0.15, 0.2) is 0 Å². The van der Waals surface area contributed by atoms with Crippen molar-refractivity contribution in [3.8, 4) is 0 Å². The number of amidine groups is 1. The Morgan fingerprint density at radius 2 is 1.71 bits per heavy atom. The van der Waals surface area contributed by atoms with Crippen molar-refractivity contribution in [2.75, 3.05) is 6.54 Å². The van der Waals surface area contributed by atoms with Crippen molar-refractivity contribution in [3.05, 3.63) is 83.6 Å². The summed E-state index contributed by atoms with van der Waals surface area (Å²) in [5.41, 5.74) is 9.60. The molecular formula is C29H33N5O. The number of benzene rings is 3. The van der Waals surface area contributed by atoms with Gasteiger partial charge in [0.25, 0.3) is 5.91 Å². The lowest BCUT2D eigenvalue weighted by Crippen LogP contribution is -2.41. The predicted molar refractivity (Wildman–Crippen MR) is 143 cm³/mol. The summed E-state index contributed by atoms with van der Waals surface area (Å²) < 4.78 is 2.09. The quantitative estimate of drug-likeness (QED) is 0.243. The minimum absolute atomic E-state index is 0.0502. The van der Waals surface area contributed by atoms with E-state index in [1.54, 1.807) is 0 Å². The zero-order chi connectivity index (χ0) is 24.4. The van der Waals surface area contributed by atoms with E-state index in [4.69, 9.17) is 11.1 Å². The number of carbonyl (C=O) groups is 1. The first-order chi connectivity index (χ1) is 17.0. The molecule has 0 aliphatic heterocycles. The van der Waals surface area contributed by atoms with Crippen LogP contribution in [0.4, 0.5) is 0 Å². The summed E-state index contributed by atoms with van der Waals surface area (Å²) in [6, 6.07) is 23.1. The molecule has 0 unspecified atom stereocenters. The first-order valence-corrected chi connectivity index (χ1v) is 12.5. The second kappa shape index (κ2) is 9.92. The van der Waals surface area contributed by atoms with E-state index in [0.717, 1.165) is 47.7 Å². The molecule has 5 N–H and O–H groups in total. The van der Waals surface area contributed by atoms with Gasteiger partial charge in [0.1, 0.15) is 11.5 Å². The fourth-order valence-corrected chi connectivity index (χ4v) is 5.09. The highest BCUT2D eigenvalue weighted by Crippen LogP contribution is 2.25. The molecule has 1 amide bonds. The van der Waals surface area contributed by atoms with E-state index in [2.05, 4.69) is 45.5 Å². The number of nitrogens with one attached hydrogen (secondary N) is 3. The molecule has 6 nitrogen and oxygen atoms in total. The van der Waals surface area contributed by atoms with Crippen molar-refractivity contribution >= 4 is 33.4 Å². The molecule has 1 fully saturated rings. The number of nitrogens with two attached hydrogens (primary N) is 1. The molecule has 0 saturated heterocycles. The Morgan fingerprint density at radius 3 is 2.49 bits per heavy atom. The number of aromatic nitrogens is 1. The number of fused-ring (bicyclic) bond motifs is 2. The molecule has 1 aliphatic rings. The molecule has 1 heterocycles. The number of rotatable bonds is 6. The van der Waals surface area contributed by atoms with Crippen LogP contribution >= 0.6 is 0 Å². The van der Waals surface area contributed by atoms with Crippen LogP contribution in [0.1, 0.15) is 54.2 Å². The fourth-order valence-electron chi connectivity index (χ4n) is 5.09. The molecular weight excluding hydrogens is 434 g/mol. The highest BCUT2D eigenvalue weighted by Gasteiger charge is 2.23. The standard InChI is InChI=1S/C29H33N5O/c1-2-32-28(31)23-10-9-22-16-27(29(35)33-25-13-11-24(30)12-14-25)34(26(22)17-23)18-19-7-8-20-5-3-4-6-21(20)15-19/h3-10,15-17,24-25H,2,11-14,18,30H2,1H3,(H2,31,32)(H,33,35). The summed E-state index contributed by atoms with van der Waals surface area (Å²) in [4.78, 5) is 13.5. The topological polar surface area (TPSA) is 95.9 Å². The third-order valence-electron chi connectivity index (χ3n) is 7.04. The summed E-state index contributed by atoms with van der Waals surface area (Å²) in [6.07, 6.45) is 3.73. The monoisotopic (exact) mass is 467 g/mol. The number of hydrogen-bond acceptors (Lipinski definition) is 3. The maximum atomic E-state index is 13.5. The highest BCUT2D eigenvalue weighted by molar-refractivity contribution is 6.03. The van der Waals surface area contributed by atoms with E-state index < -0.39 is 0 Å². The van der Waals surface area contributed by atoms with Crippen LogP contribution in [0.15, 0.2) is 66.7 Å². The first kappa shape index (κ1) is 23.1. The normalized spacial score (nSPS) is 18.0. The van der Waals surface area contributed by atoms with Crippen molar-refractivity contribution in [1.82, 2.24) is 15.2 Å². The maximum absolute atomic E-state index is 13.5. The van der Waals surface area contributed by atoms with E-state index in [9.17, 15) is 4.79 Å². The molecule has 35 heavy (non-hydrogen) atoms. The molecule has 1 aromatic heterocycles. The number of carbonyl (C=O) groups excluding carboxylic acids is 1. The second-order valence-electron chi connectivity index (χ2n) is 9.56. The summed E-state index contributed by atoms with van der Waals surface area (Å²) >= 11 is 0. The van der Waals surface area contributed by atoms with Gasteiger partial charge in [0.2, 0.25) is 0 Å². The summed E-state index contributed by atoms with van der Waals surface area (Å²) in [5.74, 6) is 0.336. The average Bonchev–Trinajstić information content (AvgIpc) is 3.23. The number of nitrogens with zero attached hydrogens (tertiary/aromatic N) is 1. The molecule has 5 rings (SSSR count). The van der Waals surface area contributed by atoms with Gasteiger partial charge in [-0.15, -0.1) is 0 Å². The van der Waals surface area contributed by atoms with Crippen LogP contribution in [-0.4, -0.2) is 34.9 Å². The lowest BCUT2D eigenvalue weighted by Gasteiger charge is -2.27. The molecule has 0 radical (unpaired) electrons. The van der Waals surface area contributed by atoms with Crippen LogP contribution in [0, 0.1) is 5.41 Å². The smallest absolute Gasteiger partial charge is 0.268 e. The van der Waals surface area contributed by atoms with Crippen LogP contribution in [0.5, 0.6) is 0 Å². The fraction of sp³-hybridized carbons (Fsp3) is 0.310. The van der Waals surface area contributed by atoms with Crippen molar-refractivity contribution in [2.24, 2.45) is 5.73 Å². The van der Waals surface area contributed by atoms with Gasteiger partial charge >= 0.3 is 0 Å². The molecule has 1 saturated carbocycles. The first-order valence-electron chi connectivity index (χ1n) is 12.5. The molecule has 3 aromatic carbocycles. The van der Waals surface area contributed by atoms with Crippen molar-refractivity contribution in [2.45, 2.75) is 51.2 Å². The van der Waals surface area contributed by atoms with Gasteiger partial charge < -0.3 is 20.9 Å². The number of hydrogen-bond donors (Lipinski definition) is 4. The molecule has 0 atom stereocenters. The average molecular weight is 468 g/mol. The van der Waals surface area contributed by atoms with Gasteiger partial charge in [-0.05, 0) is 67.1 Å². The van der Waals surface area contributed by atoms with Crippen molar-refractivity contribution in [1.29, 1.82) is 5.41 Å². The minimum Gasteiger partial charge on any atom is -0.370 e. The lowest BCUT2D eigenvalue weighted by molar-refractivity contribution is 0.0917. The Morgan fingerprint density at radius 1 is 0.971 bits per heavy atom. The molecule has 0 spiro atoms. The number of amides is 1. The predicted octanol–water partition coefficient (Wildman–Crippen LogP) is 4.78. The molecule has 1 aliphatic carbocycles. The Hall–Kier alpha value is -3.64. The van der Waals surface area contributed by atoms with E-state index in [-0.39, 0.29) is 18.0 Å². The van der Waals surface area contributed by atoms with E-state index >= 15 is 0 Å². The Labute approximate surface area is 206 Å². The third kappa shape index (κ3) is 4.93. The summed E-state index contributed by atoms with van der Waals surface area (Å²) in [6.45, 7) is 3.24. The maximum Gasteiger partial charge on any atom is 0.268 e. The Bertz CT molecular complexity index is 1380. The van der Waals surface area contributed by atoms with Gasteiger partial charge in [-0.2, -0.15) is 0 Å². The van der Waals surface area contributed by atoms with Gasteiger partial charge in [-0.3, -0.25) is 10.2 Å². The van der Waals surface area contributed by atoms with Gasteiger partial charge in [0.05, 0.1) is 0 Å². The van der Waals surface area contributed by atoms with Crippen LogP contribution in [0.3, 0.4) is 0 Å². The summed E-state index contributed by atoms with van der Waals surface area (Å²) in [7, 11) is 0.